The van der Waals surface area contributed by atoms with Gasteiger partial charge in [-0.2, -0.15) is 0 Å². The van der Waals surface area contributed by atoms with Gasteiger partial charge in [0.2, 0.25) is 0 Å². The van der Waals surface area contributed by atoms with Crippen LogP contribution >= 0.6 is 0 Å². The molecule has 0 saturated heterocycles. The summed E-state index contributed by atoms with van der Waals surface area (Å²) in [5.74, 6) is 1.21. The van der Waals surface area contributed by atoms with Gasteiger partial charge in [0, 0.05) is 12.6 Å². The van der Waals surface area contributed by atoms with Crippen LogP contribution in [-0.4, -0.2) is 36.6 Å². The third-order valence-corrected chi connectivity index (χ3v) is 4.12. The van der Waals surface area contributed by atoms with Crippen LogP contribution in [0.2, 0.25) is 0 Å². The molecule has 3 N–H and O–H groups in total. The van der Waals surface area contributed by atoms with Crippen molar-refractivity contribution in [2.45, 2.75) is 32.0 Å². The molecule has 0 aliphatic carbocycles. The number of ether oxygens (including phenoxy) is 2. The molecule has 0 heterocycles. The maximum Gasteiger partial charge on any atom is 0.161 e. The van der Waals surface area contributed by atoms with Crippen LogP contribution in [0.4, 0.5) is 0 Å². The maximum atomic E-state index is 10.2. The molecule has 0 amide bonds. The van der Waals surface area contributed by atoms with Crippen LogP contribution in [0.3, 0.4) is 0 Å². The molecule has 0 aliphatic rings. The topological polar surface area (TPSA) is 71.0 Å². The molecule has 2 aromatic rings. The van der Waals surface area contributed by atoms with Gasteiger partial charge in [-0.05, 0) is 29.7 Å². The first kappa shape index (κ1) is 19.2. The molecule has 0 fully saturated rings. The number of rotatable bonds is 10. The van der Waals surface area contributed by atoms with E-state index in [-0.39, 0.29) is 19.3 Å². The van der Waals surface area contributed by atoms with E-state index in [2.05, 4.69) is 5.32 Å². The summed E-state index contributed by atoms with van der Waals surface area (Å²) >= 11 is 0. The SMILES string of the molecule is CC[C@@H](CO)NCc1ccc(OC[C@H](O)c2ccccc2)c(OC)c1. The van der Waals surface area contributed by atoms with Crippen molar-refractivity contribution < 1.29 is 19.7 Å². The molecule has 0 aromatic heterocycles. The molecule has 0 spiro atoms. The second-order valence-electron chi connectivity index (χ2n) is 5.89. The standard InChI is InChI=1S/C20H27NO4/c1-3-17(13-22)21-12-15-9-10-19(20(11-15)24-2)25-14-18(23)16-7-5-4-6-8-16/h4-11,17-18,21-23H,3,12-14H2,1-2H3/t17-,18-/m0/s1. The van der Waals surface area contributed by atoms with Gasteiger partial charge in [0.1, 0.15) is 12.7 Å². The van der Waals surface area contributed by atoms with Crippen LogP contribution in [0, 0.1) is 0 Å². The number of hydrogen-bond acceptors (Lipinski definition) is 5. The Labute approximate surface area is 149 Å². The Morgan fingerprint density at radius 2 is 1.84 bits per heavy atom. The second kappa shape index (κ2) is 10.0. The monoisotopic (exact) mass is 345 g/mol. The van der Waals surface area contributed by atoms with E-state index in [0.717, 1.165) is 17.5 Å². The molecule has 25 heavy (non-hydrogen) atoms. The average Bonchev–Trinajstić information content (AvgIpc) is 2.67. The van der Waals surface area contributed by atoms with Crippen LogP contribution in [-0.2, 0) is 6.54 Å². The normalized spacial score (nSPS) is 13.3. The second-order valence-corrected chi connectivity index (χ2v) is 5.89. The maximum absolute atomic E-state index is 10.2. The van der Waals surface area contributed by atoms with E-state index >= 15 is 0 Å². The van der Waals surface area contributed by atoms with Gasteiger partial charge in [0.15, 0.2) is 11.5 Å². The highest BCUT2D eigenvalue weighted by Gasteiger charge is 2.12. The highest BCUT2D eigenvalue weighted by molar-refractivity contribution is 5.43. The number of nitrogens with one attached hydrogen (secondary N) is 1. The minimum atomic E-state index is -0.692. The van der Waals surface area contributed by atoms with Crippen molar-refractivity contribution in [1.29, 1.82) is 0 Å². The Morgan fingerprint density at radius 3 is 2.48 bits per heavy atom. The van der Waals surface area contributed by atoms with E-state index < -0.39 is 6.10 Å². The summed E-state index contributed by atoms with van der Waals surface area (Å²) in [5.41, 5.74) is 1.86. The molecule has 0 aliphatic heterocycles. The molecule has 2 rings (SSSR count). The number of hydrogen-bond donors (Lipinski definition) is 3. The van der Waals surface area contributed by atoms with E-state index in [4.69, 9.17) is 9.47 Å². The Kier molecular flexibility index (Phi) is 7.73. The highest BCUT2D eigenvalue weighted by atomic mass is 16.5. The summed E-state index contributed by atoms with van der Waals surface area (Å²) in [7, 11) is 1.59. The molecule has 2 aromatic carbocycles. The Hall–Kier alpha value is -2.08. The lowest BCUT2D eigenvalue weighted by Gasteiger charge is -2.17. The van der Waals surface area contributed by atoms with Gasteiger partial charge in [0.05, 0.1) is 13.7 Å². The largest absolute Gasteiger partial charge is 0.493 e. The van der Waals surface area contributed by atoms with E-state index in [9.17, 15) is 10.2 Å². The quantitative estimate of drug-likeness (QED) is 0.618. The molecule has 2 atom stereocenters. The minimum absolute atomic E-state index is 0.0861. The fourth-order valence-electron chi connectivity index (χ4n) is 2.48. The lowest BCUT2D eigenvalue weighted by molar-refractivity contribution is 0.106. The number of methoxy groups -OCH3 is 1. The zero-order chi connectivity index (χ0) is 18.1. The van der Waals surface area contributed by atoms with Crippen LogP contribution < -0.4 is 14.8 Å². The summed E-state index contributed by atoms with van der Waals surface area (Å²) in [5, 5.41) is 22.7. The first-order valence-corrected chi connectivity index (χ1v) is 8.54. The van der Waals surface area contributed by atoms with Crippen molar-refractivity contribution in [3.8, 4) is 11.5 Å². The molecule has 0 unspecified atom stereocenters. The molecule has 5 heteroatoms. The summed E-state index contributed by atoms with van der Waals surface area (Å²) in [6.45, 7) is 2.94. The fourth-order valence-corrected chi connectivity index (χ4v) is 2.48. The summed E-state index contributed by atoms with van der Waals surface area (Å²) < 4.78 is 11.1. The third-order valence-electron chi connectivity index (χ3n) is 4.12. The van der Waals surface area contributed by atoms with E-state index in [1.54, 1.807) is 7.11 Å². The summed E-state index contributed by atoms with van der Waals surface area (Å²) in [6, 6.07) is 15.2. The van der Waals surface area contributed by atoms with Crippen molar-refractivity contribution in [3.63, 3.8) is 0 Å². The molecular formula is C20H27NO4. The molecule has 0 radical (unpaired) electrons. The zero-order valence-corrected chi connectivity index (χ0v) is 14.8. The third kappa shape index (κ3) is 5.74. The van der Waals surface area contributed by atoms with Gasteiger partial charge in [-0.15, -0.1) is 0 Å². The Bertz CT molecular complexity index is 629. The van der Waals surface area contributed by atoms with E-state index in [1.165, 1.54) is 0 Å². The van der Waals surface area contributed by atoms with Crippen LogP contribution in [0.5, 0.6) is 11.5 Å². The smallest absolute Gasteiger partial charge is 0.161 e. The summed E-state index contributed by atoms with van der Waals surface area (Å²) in [4.78, 5) is 0. The average molecular weight is 345 g/mol. The molecular weight excluding hydrogens is 318 g/mol. The van der Waals surface area contributed by atoms with Gasteiger partial charge < -0.3 is 25.0 Å². The van der Waals surface area contributed by atoms with Crippen molar-refractivity contribution in [2.24, 2.45) is 0 Å². The first-order valence-electron chi connectivity index (χ1n) is 8.54. The summed E-state index contributed by atoms with van der Waals surface area (Å²) in [6.07, 6.45) is 0.175. The lowest BCUT2D eigenvalue weighted by atomic mass is 10.1. The lowest BCUT2D eigenvalue weighted by Crippen LogP contribution is -2.31. The van der Waals surface area contributed by atoms with Gasteiger partial charge in [-0.3, -0.25) is 0 Å². The van der Waals surface area contributed by atoms with Gasteiger partial charge >= 0.3 is 0 Å². The number of benzene rings is 2. The van der Waals surface area contributed by atoms with Crippen LogP contribution in [0.15, 0.2) is 48.5 Å². The number of aliphatic hydroxyl groups excluding tert-OH is 2. The van der Waals surface area contributed by atoms with Crippen LogP contribution in [0.1, 0.15) is 30.6 Å². The Balaban J connectivity index is 1.96. The minimum Gasteiger partial charge on any atom is -0.493 e. The highest BCUT2D eigenvalue weighted by Crippen LogP contribution is 2.29. The van der Waals surface area contributed by atoms with Gasteiger partial charge in [0.25, 0.3) is 0 Å². The van der Waals surface area contributed by atoms with E-state index in [0.29, 0.717) is 18.0 Å². The fraction of sp³-hybridized carbons (Fsp3) is 0.400. The number of aliphatic hydroxyl groups is 2. The molecule has 136 valence electrons. The van der Waals surface area contributed by atoms with Crippen molar-refractivity contribution in [2.75, 3.05) is 20.3 Å². The molecule has 0 bridgehead atoms. The van der Waals surface area contributed by atoms with Crippen molar-refractivity contribution in [1.82, 2.24) is 5.32 Å². The van der Waals surface area contributed by atoms with Crippen LogP contribution in [0.25, 0.3) is 0 Å². The van der Waals surface area contributed by atoms with Crippen molar-refractivity contribution in [3.05, 3.63) is 59.7 Å². The van der Waals surface area contributed by atoms with Gasteiger partial charge in [-0.25, -0.2) is 0 Å². The molecule has 0 saturated carbocycles. The first-order chi connectivity index (χ1) is 12.2. The zero-order valence-electron chi connectivity index (χ0n) is 14.8. The van der Waals surface area contributed by atoms with Gasteiger partial charge in [-0.1, -0.05) is 43.3 Å². The Morgan fingerprint density at radius 1 is 1.08 bits per heavy atom. The van der Waals surface area contributed by atoms with E-state index in [1.807, 2.05) is 55.5 Å². The van der Waals surface area contributed by atoms with Crippen molar-refractivity contribution >= 4 is 0 Å². The predicted octanol–water partition coefficient (Wildman–Crippen LogP) is 2.67. The predicted molar refractivity (Wildman–Crippen MR) is 97.9 cm³/mol. The molecule has 5 nitrogen and oxygen atoms in total.